The lowest BCUT2D eigenvalue weighted by molar-refractivity contribution is -0.139. The molecule has 0 aliphatic heterocycles. The Morgan fingerprint density at radius 3 is 2.25 bits per heavy atom. The van der Waals surface area contributed by atoms with Gasteiger partial charge in [-0.05, 0) is 67.9 Å². The van der Waals surface area contributed by atoms with Crippen molar-refractivity contribution < 1.29 is 18.0 Å². The van der Waals surface area contributed by atoms with Gasteiger partial charge in [-0.25, -0.2) is 8.42 Å². The average molecular weight is 593 g/mol. The van der Waals surface area contributed by atoms with Crippen molar-refractivity contribution in [1.29, 1.82) is 0 Å². The fourth-order valence-corrected chi connectivity index (χ4v) is 5.49. The fourth-order valence-electron chi connectivity index (χ4n) is 3.60. The van der Waals surface area contributed by atoms with Gasteiger partial charge in [-0.15, -0.1) is 0 Å². The third-order valence-electron chi connectivity index (χ3n) is 5.66. The molecule has 190 valence electrons. The number of amides is 2. The number of hydrogen-bond acceptors (Lipinski definition) is 4. The van der Waals surface area contributed by atoms with E-state index < -0.39 is 28.5 Å². The van der Waals surface area contributed by atoms with Gasteiger partial charge in [-0.3, -0.25) is 13.9 Å². The minimum atomic E-state index is -4.09. The molecular formula is C26H27BrClN3O4S. The van der Waals surface area contributed by atoms with Crippen molar-refractivity contribution in [2.24, 2.45) is 0 Å². The molecule has 3 aromatic carbocycles. The number of carbonyl (C=O) groups is 2. The van der Waals surface area contributed by atoms with E-state index in [2.05, 4.69) is 21.2 Å². The standard InChI is InChI=1S/C26H27BrClN3O4S/c1-18-7-13-24(14-8-18)36(34,35)31(23-11-9-21(27)10-12-23)17-25(32)30(19(2)26(33)29-3)16-20-5-4-6-22(28)15-20/h4-15,19H,16-17H2,1-3H3,(H,29,33). The van der Waals surface area contributed by atoms with Crippen molar-refractivity contribution in [3.63, 3.8) is 0 Å². The van der Waals surface area contributed by atoms with E-state index in [-0.39, 0.29) is 17.3 Å². The van der Waals surface area contributed by atoms with Crippen molar-refractivity contribution in [3.8, 4) is 0 Å². The second-order valence-electron chi connectivity index (χ2n) is 8.24. The first-order valence-electron chi connectivity index (χ1n) is 11.1. The van der Waals surface area contributed by atoms with Gasteiger partial charge in [0, 0.05) is 23.1 Å². The third-order valence-corrected chi connectivity index (χ3v) is 8.21. The van der Waals surface area contributed by atoms with Gasteiger partial charge in [0.15, 0.2) is 0 Å². The highest BCUT2D eigenvalue weighted by atomic mass is 79.9. The van der Waals surface area contributed by atoms with Crippen LogP contribution in [0.2, 0.25) is 5.02 Å². The summed E-state index contributed by atoms with van der Waals surface area (Å²) in [4.78, 5) is 27.6. The number of sulfonamides is 1. The molecule has 0 fully saturated rings. The molecule has 0 bridgehead atoms. The van der Waals surface area contributed by atoms with Gasteiger partial charge >= 0.3 is 0 Å². The van der Waals surface area contributed by atoms with Crippen molar-refractivity contribution in [2.45, 2.75) is 31.3 Å². The molecule has 1 N–H and O–H groups in total. The van der Waals surface area contributed by atoms with Crippen molar-refractivity contribution in [1.82, 2.24) is 10.2 Å². The highest BCUT2D eigenvalue weighted by Gasteiger charge is 2.32. The maximum atomic E-state index is 13.7. The van der Waals surface area contributed by atoms with Crippen LogP contribution in [-0.2, 0) is 26.2 Å². The summed E-state index contributed by atoms with van der Waals surface area (Å²) in [7, 11) is -2.61. The quantitative estimate of drug-likeness (QED) is 0.388. The van der Waals surface area contributed by atoms with E-state index in [1.165, 1.54) is 24.1 Å². The monoisotopic (exact) mass is 591 g/mol. The minimum Gasteiger partial charge on any atom is -0.357 e. The Kier molecular flexibility index (Phi) is 9.16. The Morgan fingerprint density at radius 1 is 1.03 bits per heavy atom. The molecule has 0 aromatic heterocycles. The molecule has 1 atom stereocenters. The van der Waals surface area contributed by atoms with E-state index in [0.29, 0.717) is 16.3 Å². The lowest BCUT2D eigenvalue weighted by Crippen LogP contribution is -2.50. The molecule has 0 spiro atoms. The topological polar surface area (TPSA) is 86.8 Å². The Morgan fingerprint density at radius 2 is 1.67 bits per heavy atom. The maximum absolute atomic E-state index is 13.7. The zero-order chi connectivity index (χ0) is 26.5. The number of benzene rings is 3. The van der Waals surface area contributed by atoms with Gasteiger partial charge in [-0.2, -0.15) is 0 Å². The van der Waals surface area contributed by atoms with Crippen LogP contribution in [0.1, 0.15) is 18.1 Å². The van der Waals surface area contributed by atoms with Gasteiger partial charge in [0.2, 0.25) is 11.8 Å². The second kappa shape index (κ2) is 11.9. The highest BCUT2D eigenvalue weighted by molar-refractivity contribution is 9.10. The molecule has 0 aliphatic rings. The smallest absolute Gasteiger partial charge is 0.264 e. The molecule has 0 heterocycles. The van der Waals surface area contributed by atoms with E-state index in [1.54, 1.807) is 67.6 Å². The largest absolute Gasteiger partial charge is 0.357 e. The Bertz CT molecular complexity index is 1330. The molecule has 0 saturated heterocycles. The molecule has 0 aliphatic carbocycles. The fraction of sp³-hybridized carbons (Fsp3) is 0.231. The van der Waals surface area contributed by atoms with Crippen LogP contribution in [0.15, 0.2) is 82.2 Å². The summed E-state index contributed by atoms with van der Waals surface area (Å²) >= 11 is 9.48. The number of nitrogens with zero attached hydrogens (tertiary/aromatic N) is 2. The van der Waals surface area contributed by atoms with Gasteiger partial charge in [0.05, 0.1) is 10.6 Å². The molecule has 3 rings (SSSR count). The van der Waals surface area contributed by atoms with E-state index >= 15 is 0 Å². The summed E-state index contributed by atoms with van der Waals surface area (Å²) in [6.45, 7) is 3.03. The molecular weight excluding hydrogens is 566 g/mol. The maximum Gasteiger partial charge on any atom is 0.264 e. The van der Waals surface area contributed by atoms with Gasteiger partial charge in [0.25, 0.3) is 10.0 Å². The van der Waals surface area contributed by atoms with Crippen LogP contribution in [0, 0.1) is 6.92 Å². The van der Waals surface area contributed by atoms with Crippen LogP contribution >= 0.6 is 27.5 Å². The lowest BCUT2D eigenvalue weighted by atomic mass is 10.1. The number of aryl methyl sites for hydroxylation is 1. The summed E-state index contributed by atoms with van der Waals surface area (Å²) < 4.78 is 29.2. The minimum absolute atomic E-state index is 0.0598. The molecule has 3 aromatic rings. The first-order chi connectivity index (χ1) is 17.0. The number of rotatable bonds is 9. The Hall–Kier alpha value is -2.88. The van der Waals surface area contributed by atoms with Crippen LogP contribution < -0.4 is 9.62 Å². The van der Waals surface area contributed by atoms with Crippen molar-refractivity contribution >= 4 is 55.1 Å². The zero-order valence-corrected chi connectivity index (χ0v) is 23.3. The van der Waals surface area contributed by atoms with E-state index in [0.717, 1.165) is 14.3 Å². The van der Waals surface area contributed by atoms with Crippen LogP contribution in [-0.4, -0.2) is 44.8 Å². The SMILES string of the molecule is CNC(=O)C(C)N(Cc1cccc(Cl)c1)C(=O)CN(c1ccc(Br)cc1)S(=O)(=O)c1ccc(C)cc1. The van der Waals surface area contributed by atoms with Crippen LogP contribution in [0.25, 0.3) is 0 Å². The zero-order valence-electron chi connectivity index (χ0n) is 20.1. The van der Waals surface area contributed by atoms with E-state index in [9.17, 15) is 18.0 Å². The first kappa shape index (κ1) is 27.7. The normalized spacial score (nSPS) is 12.0. The number of halogens is 2. The summed E-state index contributed by atoms with van der Waals surface area (Å²) in [6.07, 6.45) is 0. The number of nitrogens with one attached hydrogen (secondary N) is 1. The van der Waals surface area contributed by atoms with Gasteiger partial charge in [0.1, 0.15) is 12.6 Å². The molecule has 36 heavy (non-hydrogen) atoms. The molecule has 2 amide bonds. The Labute approximate surface area is 225 Å². The predicted molar refractivity (Wildman–Crippen MR) is 145 cm³/mol. The summed E-state index contributed by atoms with van der Waals surface area (Å²) in [5, 5.41) is 3.05. The van der Waals surface area contributed by atoms with Gasteiger partial charge in [-0.1, -0.05) is 57.4 Å². The molecule has 7 nitrogen and oxygen atoms in total. The third kappa shape index (κ3) is 6.66. The molecule has 0 saturated carbocycles. The van der Waals surface area contributed by atoms with Crippen molar-refractivity contribution in [2.75, 3.05) is 17.9 Å². The average Bonchev–Trinajstić information content (AvgIpc) is 2.85. The number of hydrogen-bond donors (Lipinski definition) is 1. The molecule has 0 radical (unpaired) electrons. The number of carbonyl (C=O) groups excluding carboxylic acids is 2. The van der Waals surface area contributed by atoms with E-state index in [4.69, 9.17) is 11.6 Å². The molecule has 1 unspecified atom stereocenters. The lowest BCUT2D eigenvalue weighted by Gasteiger charge is -2.31. The summed E-state index contributed by atoms with van der Waals surface area (Å²) in [6, 6.07) is 19.2. The van der Waals surface area contributed by atoms with Gasteiger partial charge < -0.3 is 10.2 Å². The summed E-state index contributed by atoms with van der Waals surface area (Å²) in [5.41, 5.74) is 1.94. The second-order valence-corrected chi connectivity index (χ2v) is 11.5. The predicted octanol–water partition coefficient (Wildman–Crippen LogP) is 4.77. The van der Waals surface area contributed by atoms with Crippen LogP contribution in [0.3, 0.4) is 0 Å². The van der Waals surface area contributed by atoms with Crippen molar-refractivity contribution in [3.05, 3.63) is 93.4 Å². The summed E-state index contributed by atoms with van der Waals surface area (Å²) in [5.74, 6) is -0.911. The van der Waals surface area contributed by atoms with Crippen LogP contribution in [0.4, 0.5) is 5.69 Å². The number of likely N-dealkylation sites (N-methyl/N-ethyl adjacent to an activating group) is 1. The number of anilines is 1. The first-order valence-corrected chi connectivity index (χ1v) is 13.7. The van der Waals surface area contributed by atoms with E-state index in [1.807, 2.05) is 6.92 Å². The Balaban J connectivity index is 2.02. The highest BCUT2D eigenvalue weighted by Crippen LogP contribution is 2.26. The van der Waals surface area contributed by atoms with Crippen LogP contribution in [0.5, 0.6) is 0 Å². The molecule has 10 heteroatoms.